The number of aromatic nitrogens is 3. The monoisotopic (exact) mass is 466 g/mol. The van der Waals surface area contributed by atoms with E-state index in [1.54, 1.807) is 23.0 Å². The molecule has 168 valence electrons. The van der Waals surface area contributed by atoms with Gasteiger partial charge in [-0.2, -0.15) is 5.10 Å². The summed E-state index contributed by atoms with van der Waals surface area (Å²) in [6.07, 6.45) is 1.60. The maximum Gasteiger partial charge on any atom is 0.256 e. The molecule has 2 aromatic carbocycles. The Balaban J connectivity index is 1.63. The number of amides is 1. The quantitative estimate of drug-likeness (QED) is 0.430. The fourth-order valence-electron chi connectivity index (χ4n) is 3.72. The van der Waals surface area contributed by atoms with E-state index in [2.05, 4.69) is 10.4 Å². The number of nitrogens with zero attached hydrogens (tertiary/aromatic N) is 3. The number of benzene rings is 2. The van der Waals surface area contributed by atoms with E-state index in [0.29, 0.717) is 47.0 Å². The third-order valence-electron chi connectivity index (χ3n) is 5.34. The van der Waals surface area contributed by atoms with Gasteiger partial charge in [0.05, 0.1) is 33.6 Å². The van der Waals surface area contributed by atoms with Gasteiger partial charge in [0.15, 0.2) is 23.0 Å². The molecule has 0 fully saturated rings. The van der Waals surface area contributed by atoms with Gasteiger partial charge < -0.3 is 14.8 Å². The van der Waals surface area contributed by atoms with Crippen molar-refractivity contribution in [1.29, 1.82) is 0 Å². The second-order valence-electron chi connectivity index (χ2n) is 7.89. The molecule has 0 bridgehead atoms. The van der Waals surface area contributed by atoms with E-state index in [4.69, 9.17) is 26.1 Å². The van der Waals surface area contributed by atoms with Gasteiger partial charge in [-0.1, -0.05) is 17.7 Å². The zero-order valence-electron chi connectivity index (χ0n) is 17.9. The van der Waals surface area contributed by atoms with E-state index < -0.39 is 11.7 Å². The Morgan fingerprint density at radius 1 is 1.15 bits per heavy atom. The molecule has 3 heterocycles. The second-order valence-corrected chi connectivity index (χ2v) is 8.30. The second kappa shape index (κ2) is 8.37. The molecule has 0 atom stereocenters. The molecule has 0 radical (unpaired) electrons. The number of halogens is 2. The van der Waals surface area contributed by atoms with E-state index in [9.17, 15) is 9.18 Å². The van der Waals surface area contributed by atoms with Gasteiger partial charge in [-0.15, -0.1) is 0 Å². The summed E-state index contributed by atoms with van der Waals surface area (Å²) in [5, 5.41) is 7.52. The normalized spacial score (nSPS) is 12.9. The number of hydrogen-bond acceptors (Lipinski definition) is 5. The molecule has 0 unspecified atom stereocenters. The molecule has 0 saturated heterocycles. The van der Waals surface area contributed by atoms with Crippen molar-refractivity contribution < 1.29 is 18.7 Å². The van der Waals surface area contributed by atoms with Crippen molar-refractivity contribution in [3.63, 3.8) is 0 Å². The van der Waals surface area contributed by atoms with Crippen LogP contribution in [0.5, 0.6) is 11.5 Å². The molecular formula is C24H20ClFN4O3. The summed E-state index contributed by atoms with van der Waals surface area (Å²) >= 11 is 5.87. The van der Waals surface area contributed by atoms with Crippen LogP contribution in [0.2, 0.25) is 5.02 Å². The van der Waals surface area contributed by atoms with Crippen molar-refractivity contribution in [2.75, 3.05) is 18.5 Å². The highest BCUT2D eigenvalue weighted by Gasteiger charge is 2.21. The Kier molecular flexibility index (Phi) is 5.38. The van der Waals surface area contributed by atoms with Crippen molar-refractivity contribution in [3.05, 3.63) is 65.1 Å². The number of carbonyl (C=O) groups is 1. The molecule has 2 aromatic heterocycles. The average molecular weight is 467 g/mol. The van der Waals surface area contributed by atoms with Crippen LogP contribution in [0, 0.1) is 5.82 Å². The average Bonchev–Trinajstić information content (AvgIpc) is 3.25. The van der Waals surface area contributed by atoms with Crippen LogP contribution in [0.15, 0.2) is 48.7 Å². The van der Waals surface area contributed by atoms with Gasteiger partial charge in [-0.05, 0) is 50.2 Å². The van der Waals surface area contributed by atoms with E-state index in [1.807, 2.05) is 32.0 Å². The van der Waals surface area contributed by atoms with Crippen LogP contribution in [0.4, 0.5) is 10.1 Å². The number of carbonyl (C=O) groups excluding carboxylic acids is 1. The maximum atomic E-state index is 14.4. The number of anilines is 1. The number of pyridine rings is 1. The minimum absolute atomic E-state index is 0.00501. The summed E-state index contributed by atoms with van der Waals surface area (Å²) in [5.74, 6) is 0.0890. The first-order valence-electron chi connectivity index (χ1n) is 10.5. The number of ether oxygens (including phenoxy) is 2. The van der Waals surface area contributed by atoms with Gasteiger partial charge in [-0.25, -0.2) is 14.1 Å². The minimum atomic E-state index is -0.692. The van der Waals surface area contributed by atoms with Crippen molar-refractivity contribution in [1.82, 2.24) is 14.8 Å². The van der Waals surface area contributed by atoms with E-state index in [-0.39, 0.29) is 16.8 Å². The lowest BCUT2D eigenvalue weighted by Crippen LogP contribution is -2.15. The molecule has 9 heteroatoms. The molecule has 0 spiro atoms. The summed E-state index contributed by atoms with van der Waals surface area (Å²) in [5.41, 5.74) is 2.17. The van der Waals surface area contributed by atoms with Crippen LogP contribution < -0.4 is 14.8 Å². The molecule has 33 heavy (non-hydrogen) atoms. The van der Waals surface area contributed by atoms with Gasteiger partial charge >= 0.3 is 0 Å². The van der Waals surface area contributed by atoms with E-state index >= 15 is 0 Å². The van der Waals surface area contributed by atoms with Crippen LogP contribution in [0.1, 0.15) is 30.2 Å². The Hall–Kier alpha value is -3.65. The molecule has 1 N–H and O–H groups in total. The Morgan fingerprint density at radius 2 is 1.94 bits per heavy atom. The van der Waals surface area contributed by atoms with Crippen molar-refractivity contribution in [3.8, 4) is 22.8 Å². The lowest BCUT2D eigenvalue weighted by molar-refractivity contribution is 0.102. The highest BCUT2D eigenvalue weighted by Crippen LogP contribution is 2.35. The first kappa shape index (κ1) is 21.2. The van der Waals surface area contributed by atoms with Crippen molar-refractivity contribution in [2.45, 2.75) is 19.9 Å². The van der Waals surface area contributed by atoms with Crippen LogP contribution in [-0.4, -0.2) is 33.9 Å². The Morgan fingerprint density at radius 3 is 2.73 bits per heavy atom. The van der Waals surface area contributed by atoms with Gasteiger partial charge in [0.2, 0.25) is 0 Å². The minimum Gasteiger partial charge on any atom is -0.486 e. The van der Waals surface area contributed by atoms with E-state index in [0.717, 1.165) is 5.56 Å². The molecule has 4 aromatic rings. The third kappa shape index (κ3) is 3.87. The van der Waals surface area contributed by atoms with Crippen molar-refractivity contribution >= 4 is 34.2 Å². The van der Waals surface area contributed by atoms with Crippen LogP contribution in [-0.2, 0) is 0 Å². The summed E-state index contributed by atoms with van der Waals surface area (Å²) < 4.78 is 27.4. The van der Waals surface area contributed by atoms with Gasteiger partial charge in [0.1, 0.15) is 13.2 Å². The molecule has 1 amide bonds. The molecule has 0 aliphatic carbocycles. The van der Waals surface area contributed by atoms with E-state index in [1.165, 1.54) is 12.1 Å². The molecule has 7 nitrogen and oxygen atoms in total. The standard InChI is InChI=1S/C24H20ClFN4O3/c1-13(2)30-23-16(12-27-30)15(24(31)29-18-5-3-4-17(25)22(18)26)11-19(28-23)14-6-7-20-21(10-14)33-9-8-32-20/h3-7,10-13H,8-9H2,1-2H3,(H,29,31). The molecule has 1 aliphatic heterocycles. The zero-order valence-corrected chi connectivity index (χ0v) is 18.7. The van der Waals surface area contributed by atoms with Crippen LogP contribution in [0.3, 0.4) is 0 Å². The third-order valence-corrected chi connectivity index (χ3v) is 5.63. The van der Waals surface area contributed by atoms with Gasteiger partial charge in [0, 0.05) is 11.6 Å². The Labute approximate surface area is 194 Å². The predicted molar refractivity (Wildman–Crippen MR) is 124 cm³/mol. The van der Waals surface area contributed by atoms with Crippen LogP contribution in [0.25, 0.3) is 22.3 Å². The lowest BCUT2D eigenvalue weighted by Gasteiger charge is -2.19. The summed E-state index contributed by atoms with van der Waals surface area (Å²) in [7, 11) is 0. The largest absolute Gasteiger partial charge is 0.486 e. The zero-order chi connectivity index (χ0) is 23.1. The lowest BCUT2D eigenvalue weighted by atomic mass is 10.1. The highest BCUT2D eigenvalue weighted by atomic mass is 35.5. The number of nitrogens with one attached hydrogen (secondary N) is 1. The maximum absolute atomic E-state index is 14.4. The molecule has 0 saturated carbocycles. The smallest absolute Gasteiger partial charge is 0.256 e. The summed E-state index contributed by atoms with van der Waals surface area (Å²) in [4.78, 5) is 18.0. The SMILES string of the molecule is CC(C)n1ncc2c(C(=O)Nc3cccc(Cl)c3F)cc(-c3ccc4c(c3)OCCO4)nc21. The molecule has 5 rings (SSSR count). The first-order chi connectivity index (χ1) is 15.9. The number of hydrogen-bond donors (Lipinski definition) is 1. The molecular weight excluding hydrogens is 447 g/mol. The topological polar surface area (TPSA) is 78.3 Å². The highest BCUT2D eigenvalue weighted by molar-refractivity contribution is 6.31. The van der Waals surface area contributed by atoms with Crippen molar-refractivity contribution in [2.24, 2.45) is 0 Å². The van der Waals surface area contributed by atoms with Gasteiger partial charge in [-0.3, -0.25) is 4.79 Å². The Bertz CT molecular complexity index is 1390. The van der Waals surface area contributed by atoms with Gasteiger partial charge in [0.25, 0.3) is 5.91 Å². The summed E-state index contributed by atoms with van der Waals surface area (Å²) in [6.45, 7) is 4.91. The number of rotatable bonds is 4. The van der Waals surface area contributed by atoms with Crippen LogP contribution >= 0.6 is 11.6 Å². The summed E-state index contributed by atoms with van der Waals surface area (Å²) in [6, 6.07) is 11.6. The fourth-order valence-corrected chi connectivity index (χ4v) is 3.90. The molecule has 1 aliphatic rings. The first-order valence-corrected chi connectivity index (χ1v) is 10.8. The predicted octanol–water partition coefficient (Wildman–Crippen LogP) is 5.50. The fraction of sp³-hybridized carbons (Fsp3) is 0.208. The number of fused-ring (bicyclic) bond motifs is 2.